The molecule has 2 fully saturated rings. The van der Waals surface area contributed by atoms with Gasteiger partial charge in [0.25, 0.3) is 0 Å². The Bertz CT molecular complexity index is 861. The monoisotopic (exact) mass is 452 g/mol. The van der Waals surface area contributed by atoms with Gasteiger partial charge in [-0.25, -0.2) is 0 Å². The smallest absolute Gasteiger partial charge is 0.232 e. The number of anilines is 3. The van der Waals surface area contributed by atoms with Crippen LogP contribution in [0.1, 0.15) is 64.0 Å². The van der Waals surface area contributed by atoms with Crippen LogP contribution < -0.4 is 20.4 Å². The zero-order chi connectivity index (χ0) is 22.3. The third-order valence-corrected chi connectivity index (χ3v) is 6.70. The lowest BCUT2D eigenvalue weighted by Crippen LogP contribution is -2.36. The van der Waals surface area contributed by atoms with Crippen molar-refractivity contribution in [1.29, 1.82) is 0 Å². The number of benzene rings is 1. The van der Waals surface area contributed by atoms with Gasteiger partial charge in [0.05, 0.1) is 6.04 Å². The lowest BCUT2D eigenvalue weighted by atomic mass is 10.0. The molecular weight excluding hydrogens is 416 g/mol. The van der Waals surface area contributed by atoms with Gasteiger partial charge < -0.3 is 20.4 Å². The molecule has 4 rings (SSSR count). The second-order valence-electron chi connectivity index (χ2n) is 9.23. The number of rotatable bonds is 5. The molecule has 2 atom stereocenters. The number of hydrogen-bond donors (Lipinski definition) is 2. The van der Waals surface area contributed by atoms with Crippen LogP contribution in [0.5, 0.6) is 0 Å². The van der Waals surface area contributed by atoms with E-state index in [1.54, 1.807) is 0 Å². The number of hydrogen-bond acceptors (Lipinski definition) is 5. The van der Waals surface area contributed by atoms with Gasteiger partial charge in [-0.05, 0) is 56.3 Å². The van der Waals surface area contributed by atoms with E-state index in [9.17, 15) is 0 Å². The van der Waals surface area contributed by atoms with Gasteiger partial charge in [-0.3, -0.25) is 0 Å². The van der Waals surface area contributed by atoms with Gasteiger partial charge >= 0.3 is 0 Å². The average Bonchev–Trinajstić information content (AvgIpc) is 3.09. The Kier molecular flexibility index (Phi) is 7.79. The first-order chi connectivity index (χ1) is 15.6. The summed E-state index contributed by atoms with van der Waals surface area (Å²) >= 11 is 5.62. The minimum absolute atomic E-state index is 0.104. The predicted molar refractivity (Wildman–Crippen MR) is 138 cm³/mol. The molecule has 2 saturated heterocycles. The van der Waals surface area contributed by atoms with Crippen molar-refractivity contribution in [1.82, 2.24) is 15.3 Å². The van der Waals surface area contributed by atoms with Crippen molar-refractivity contribution in [3.8, 4) is 0 Å². The molecule has 1 aromatic carbocycles. The van der Waals surface area contributed by atoms with Gasteiger partial charge in [-0.15, -0.1) is 0 Å². The molecule has 7 heteroatoms. The topological polar surface area (TPSA) is 56.3 Å². The van der Waals surface area contributed by atoms with E-state index in [0.29, 0.717) is 17.0 Å². The van der Waals surface area contributed by atoms with Crippen LogP contribution in [0, 0.1) is 5.92 Å². The highest BCUT2D eigenvalue weighted by Gasteiger charge is 2.21. The van der Waals surface area contributed by atoms with Gasteiger partial charge in [-0.1, -0.05) is 50.1 Å². The highest BCUT2D eigenvalue weighted by molar-refractivity contribution is 7.80. The summed E-state index contributed by atoms with van der Waals surface area (Å²) < 4.78 is 0. The maximum atomic E-state index is 5.62. The molecule has 6 nitrogen and oxygen atoms in total. The van der Waals surface area contributed by atoms with E-state index in [1.807, 2.05) is 18.2 Å². The van der Waals surface area contributed by atoms with E-state index < -0.39 is 0 Å². The predicted octanol–water partition coefficient (Wildman–Crippen LogP) is 5.14. The van der Waals surface area contributed by atoms with Crippen molar-refractivity contribution >= 4 is 34.9 Å². The van der Waals surface area contributed by atoms with Crippen LogP contribution >= 0.6 is 12.2 Å². The highest BCUT2D eigenvalue weighted by atomic mass is 32.1. The fourth-order valence-electron chi connectivity index (χ4n) is 4.66. The molecule has 0 aliphatic carbocycles. The molecule has 2 N–H and O–H groups in total. The van der Waals surface area contributed by atoms with Crippen LogP contribution in [0.3, 0.4) is 0 Å². The van der Waals surface area contributed by atoms with E-state index in [0.717, 1.165) is 37.8 Å². The Morgan fingerprint density at radius 2 is 1.62 bits per heavy atom. The van der Waals surface area contributed by atoms with Crippen molar-refractivity contribution in [3.63, 3.8) is 0 Å². The third-order valence-electron chi connectivity index (χ3n) is 6.48. The molecule has 0 radical (unpaired) electrons. The summed E-state index contributed by atoms with van der Waals surface area (Å²) in [5.74, 6) is 3.28. The largest absolute Gasteiger partial charge is 0.356 e. The molecule has 2 aliphatic heterocycles. The van der Waals surface area contributed by atoms with Crippen LogP contribution in [0.25, 0.3) is 0 Å². The maximum absolute atomic E-state index is 5.62. The Morgan fingerprint density at radius 3 is 2.31 bits per heavy atom. The first-order valence-electron chi connectivity index (χ1n) is 12.1. The highest BCUT2D eigenvalue weighted by Crippen LogP contribution is 2.27. The van der Waals surface area contributed by atoms with E-state index in [4.69, 9.17) is 22.2 Å². The molecular formula is C25H36N6S. The average molecular weight is 453 g/mol. The van der Waals surface area contributed by atoms with E-state index in [-0.39, 0.29) is 6.04 Å². The van der Waals surface area contributed by atoms with Crippen molar-refractivity contribution in [3.05, 3.63) is 42.0 Å². The molecule has 32 heavy (non-hydrogen) atoms. The molecule has 0 unspecified atom stereocenters. The second kappa shape index (κ2) is 10.9. The number of aromatic nitrogens is 2. The summed E-state index contributed by atoms with van der Waals surface area (Å²) in [5, 5.41) is 7.19. The van der Waals surface area contributed by atoms with Gasteiger partial charge in [-0.2, -0.15) is 9.97 Å². The molecule has 3 heterocycles. The Balaban J connectivity index is 1.53. The van der Waals surface area contributed by atoms with Gasteiger partial charge in [0.1, 0.15) is 11.6 Å². The van der Waals surface area contributed by atoms with E-state index in [2.05, 4.69) is 52.5 Å². The molecule has 172 valence electrons. The Morgan fingerprint density at radius 1 is 0.969 bits per heavy atom. The molecule has 0 saturated carbocycles. The minimum atomic E-state index is 0.104. The maximum Gasteiger partial charge on any atom is 0.232 e. The van der Waals surface area contributed by atoms with Crippen molar-refractivity contribution < 1.29 is 0 Å². The summed E-state index contributed by atoms with van der Waals surface area (Å²) in [6, 6.07) is 12.6. The summed E-state index contributed by atoms with van der Waals surface area (Å²) in [5.41, 5.74) is 1.19. The summed E-state index contributed by atoms with van der Waals surface area (Å²) in [6.07, 6.45) is 7.54. The zero-order valence-electron chi connectivity index (χ0n) is 19.4. The first kappa shape index (κ1) is 22.8. The van der Waals surface area contributed by atoms with Crippen LogP contribution in [0.4, 0.5) is 17.6 Å². The van der Waals surface area contributed by atoms with Gasteiger partial charge in [0.2, 0.25) is 5.95 Å². The van der Waals surface area contributed by atoms with Gasteiger partial charge in [0.15, 0.2) is 5.11 Å². The van der Waals surface area contributed by atoms with Crippen molar-refractivity contribution in [2.75, 3.05) is 41.3 Å². The number of nitrogens with zero attached hydrogens (tertiary/aromatic N) is 4. The number of piperidine rings is 1. The Hall–Kier alpha value is -2.41. The molecule has 2 aliphatic rings. The third kappa shape index (κ3) is 6.09. The van der Waals surface area contributed by atoms with Crippen LogP contribution in [-0.4, -0.2) is 41.3 Å². The van der Waals surface area contributed by atoms with Crippen LogP contribution in [-0.2, 0) is 0 Å². The van der Waals surface area contributed by atoms with E-state index in [1.165, 1.54) is 44.1 Å². The van der Waals surface area contributed by atoms with Crippen molar-refractivity contribution in [2.24, 2.45) is 5.92 Å². The number of thiocarbonyl (C=S) groups is 1. The SMILES string of the molecule is C[C@@H]1CCCN(c2cc(N3CCCCCC3)nc(NC(=S)N[C@H](C)c3ccccc3)n2)C1. The quantitative estimate of drug-likeness (QED) is 0.609. The van der Waals surface area contributed by atoms with E-state index >= 15 is 0 Å². The van der Waals surface area contributed by atoms with Crippen molar-refractivity contribution in [2.45, 2.75) is 58.4 Å². The second-order valence-corrected chi connectivity index (χ2v) is 9.64. The zero-order valence-corrected chi connectivity index (χ0v) is 20.2. The summed E-state index contributed by atoms with van der Waals surface area (Å²) in [6.45, 7) is 8.64. The number of nitrogens with one attached hydrogen (secondary N) is 2. The molecule has 2 aromatic rings. The minimum Gasteiger partial charge on any atom is -0.356 e. The first-order valence-corrected chi connectivity index (χ1v) is 12.5. The standard InChI is InChI=1S/C25H36N6S/c1-19-11-10-16-31(18-19)23-17-22(30-14-8-3-4-9-15-30)27-24(28-23)29-25(32)26-20(2)21-12-6-5-7-13-21/h5-7,12-13,17,19-20H,3-4,8-11,14-16,18H2,1-2H3,(H2,26,27,28,29,32)/t19-,20-/m1/s1. The molecule has 1 aromatic heterocycles. The lowest BCUT2D eigenvalue weighted by molar-refractivity contribution is 0.444. The lowest BCUT2D eigenvalue weighted by Gasteiger charge is -2.33. The van der Waals surface area contributed by atoms with Crippen LogP contribution in [0.15, 0.2) is 36.4 Å². The fraction of sp³-hybridized carbons (Fsp3) is 0.560. The fourth-order valence-corrected chi connectivity index (χ4v) is 4.93. The van der Waals surface area contributed by atoms with Crippen LogP contribution in [0.2, 0.25) is 0 Å². The molecule has 0 amide bonds. The molecule has 0 bridgehead atoms. The Labute approximate surface area is 197 Å². The summed E-state index contributed by atoms with van der Waals surface area (Å²) in [7, 11) is 0. The molecule has 0 spiro atoms. The normalized spacial score (nSPS) is 20.4. The van der Waals surface area contributed by atoms with Gasteiger partial charge in [0, 0.05) is 32.2 Å². The summed E-state index contributed by atoms with van der Waals surface area (Å²) in [4.78, 5) is 14.6.